The van der Waals surface area contributed by atoms with Gasteiger partial charge in [0.2, 0.25) is 5.91 Å². The van der Waals surface area contributed by atoms with Crippen LogP contribution in [-0.4, -0.2) is 56.5 Å². The van der Waals surface area contributed by atoms with E-state index in [0.29, 0.717) is 36.0 Å². The molecular weight excluding hydrogens is 446 g/mol. The molecule has 2 aromatic rings. The molecule has 0 aromatic heterocycles. The van der Waals surface area contributed by atoms with Crippen molar-refractivity contribution in [1.29, 1.82) is 0 Å². The number of amides is 1. The first-order valence-corrected chi connectivity index (χ1v) is 12.1. The standard InChI is InChI=1S/C28H35NO6/c1-32-20-10-12-23(33-2)21(18-20)27-22-7-5-6-14-28(22,31)15-16-29(27)26(30)13-9-19-8-11-24(34-3)25(17-19)35-4/h8-13,17-18,22,27,31H,5-7,14-16H2,1-4H3/t22-,27-,28-/m0/s1. The molecule has 4 rings (SSSR count). The molecule has 7 heteroatoms. The van der Waals surface area contributed by atoms with Crippen molar-refractivity contribution in [2.45, 2.75) is 43.7 Å². The summed E-state index contributed by atoms with van der Waals surface area (Å²) in [5.74, 6) is 2.43. The molecule has 3 atom stereocenters. The van der Waals surface area contributed by atoms with Gasteiger partial charge < -0.3 is 29.0 Å². The Hall–Kier alpha value is -3.19. The zero-order valence-electron chi connectivity index (χ0n) is 21.0. The SMILES string of the molecule is COc1ccc(OC)c([C@H]2[C@@H]3CCCC[C@]3(O)CCN2C(=O)C=Cc2ccc(OC)c(OC)c2)c1. The topological polar surface area (TPSA) is 77.5 Å². The van der Waals surface area contributed by atoms with Crippen LogP contribution in [0.2, 0.25) is 0 Å². The van der Waals surface area contributed by atoms with Crippen LogP contribution in [0, 0.1) is 5.92 Å². The first-order chi connectivity index (χ1) is 16.9. The predicted octanol–water partition coefficient (Wildman–Crippen LogP) is 4.63. The average molecular weight is 482 g/mol. The number of benzene rings is 2. The van der Waals surface area contributed by atoms with E-state index in [1.54, 1.807) is 40.6 Å². The Balaban J connectivity index is 1.70. The minimum absolute atomic E-state index is 0.0792. The largest absolute Gasteiger partial charge is 0.497 e. The van der Waals surface area contributed by atoms with E-state index in [4.69, 9.17) is 18.9 Å². The van der Waals surface area contributed by atoms with E-state index in [9.17, 15) is 9.90 Å². The summed E-state index contributed by atoms with van der Waals surface area (Å²) in [7, 11) is 6.43. The number of fused-ring (bicyclic) bond motifs is 1. The Morgan fingerprint density at radius 2 is 1.69 bits per heavy atom. The lowest BCUT2D eigenvalue weighted by molar-refractivity contribution is -0.151. The summed E-state index contributed by atoms with van der Waals surface area (Å²) in [6.07, 6.45) is 7.58. The highest BCUT2D eigenvalue weighted by atomic mass is 16.5. The van der Waals surface area contributed by atoms with E-state index in [1.165, 1.54) is 0 Å². The Labute approximate surface area is 207 Å². The second-order valence-corrected chi connectivity index (χ2v) is 9.24. The summed E-state index contributed by atoms with van der Waals surface area (Å²) in [6.45, 7) is 0.465. The van der Waals surface area contributed by atoms with Gasteiger partial charge in [-0.15, -0.1) is 0 Å². The molecule has 35 heavy (non-hydrogen) atoms. The normalized spacial score (nSPS) is 24.1. The van der Waals surface area contributed by atoms with Gasteiger partial charge in [0, 0.05) is 24.1 Å². The van der Waals surface area contributed by atoms with Crippen LogP contribution in [0.3, 0.4) is 0 Å². The number of carbonyl (C=O) groups is 1. The third kappa shape index (κ3) is 4.96. The number of rotatable bonds is 7. The Morgan fingerprint density at radius 1 is 0.943 bits per heavy atom. The third-order valence-corrected chi connectivity index (χ3v) is 7.43. The van der Waals surface area contributed by atoms with Gasteiger partial charge in [0.05, 0.1) is 40.1 Å². The maximum Gasteiger partial charge on any atom is 0.247 e. The summed E-state index contributed by atoms with van der Waals surface area (Å²) in [6, 6.07) is 10.9. The molecule has 0 bridgehead atoms. The number of methoxy groups -OCH3 is 4. The number of likely N-dealkylation sites (tertiary alicyclic amines) is 1. The first-order valence-electron chi connectivity index (χ1n) is 12.1. The van der Waals surface area contributed by atoms with Gasteiger partial charge in [0.15, 0.2) is 11.5 Å². The van der Waals surface area contributed by atoms with Gasteiger partial charge in [-0.2, -0.15) is 0 Å². The van der Waals surface area contributed by atoms with Crippen molar-refractivity contribution in [3.05, 3.63) is 53.6 Å². The number of hydrogen-bond acceptors (Lipinski definition) is 6. The van der Waals surface area contributed by atoms with Gasteiger partial charge in [-0.1, -0.05) is 18.9 Å². The quantitative estimate of drug-likeness (QED) is 0.581. The van der Waals surface area contributed by atoms with Crippen LogP contribution in [0.1, 0.15) is 49.3 Å². The minimum Gasteiger partial charge on any atom is -0.497 e. The zero-order valence-corrected chi connectivity index (χ0v) is 21.0. The minimum atomic E-state index is -0.791. The summed E-state index contributed by atoms with van der Waals surface area (Å²) in [4.78, 5) is 15.5. The van der Waals surface area contributed by atoms with Gasteiger partial charge in [-0.25, -0.2) is 0 Å². The van der Waals surface area contributed by atoms with Gasteiger partial charge >= 0.3 is 0 Å². The summed E-state index contributed by atoms with van der Waals surface area (Å²) >= 11 is 0. The highest BCUT2D eigenvalue weighted by molar-refractivity contribution is 5.92. The van der Waals surface area contributed by atoms with E-state index < -0.39 is 5.60 Å². The lowest BCUT2D eigenvalue weighted by Crippen LogP contribution is -2.56. The molecule has 1 heterocycles. The van der Waals surface area contributed by atoms with Gasteiger partial charge in [-0.05, 0) is 61.2 Å². The van der Waals surface area contributed by atoms with Crippen molar-refractivity contribution in [3.63, 3.8) is 0 Å². The molecule has 2 fully saturated rings. The maximum atomic E-state index is 13.6. The average Bonchev–Trinajstić information content (AvgIpc) is 2.90. The molecule has 2 aliphatic rings. The third-order valence-electron chi connectivity index (χ3n) is 7.43. The fraction of sp³-hybridized carbons (Fsp3) is 0.464. The van der Waals surface area contributed by atoms with Gasteiger partial charge in [-0.3, -0.25) is 4.79 Å². The molecular formula is C28H35NO6. The van der Waals surface area contributed by atoms with Crippen LogP contribution >= 0.6 is 0 Å². The monoisotopic (exact) mass is 481 g/mol. The molecule has 1 N–H and O–H groups in total. The smallest absolute Gasteiger partial charge is 0.247 e. The van der Waals surface area contributed by atoms with E-state index in [-0.39, 0.29) is 17.9 Å². The fourth-order valence-corrected chi connectivity index (χ4v) is 5.60. The van der Waals surface area contributed by atoms with E-state index in [0.717, 1.165) is 36.8 Å². The molecule has 1 saturated heterocycles. The van der Waals surface area contributed by atoms with Crippen LogP contribution < -0.4 is 18.9 Å². The van der Waals surface area contributed by atoms with Gasteiger partial charge in [0.25, 0.3) is 0 Å². The maximum absolute atomic E-state index is 13.6. The fourth-order valence-electron chi connectivity index (χ4n) is 5.60. The highest BCUT2D eigenvalue weighted by Gasteiger charge is 2.50. The molecule has 1 saturated carbocycles. The number of piperidine rings is 1. The zero-order chi connectivity index (χ0) is 25.0. The van der Waals surface area contributed by atoms with Crippen LogP contribution in [0.25, 0.3) is 6.08 Å². The van der Waals surface area contributed by atoms with E-state index >= 15 is 0 Å². The van der Waals surface area contributed by atoms with Crippen molar-refractivity contribution >= 4 is 12.0 Å². The number of nitrogens with zero attached hydrogens (tertiary/aromatic N) is 1. The lowest BCUT2D eigenvalue weighted by Gasteiger charge is -2.52. The lowest BCUT2D eigenvalue weighted by atomic mass is 9.66. The molecule has 7 nitrogen and oxygen atoms in total. The number of carbonyl (C=O) groups excluding carboxylic acids is 1. The number of aliphatic hydroxyl groups is 1. The van der Waals surface area contributed by atoms with Crippen molar-refractivity contribution in [1.82, 2.24) is 4.90 Å². The Kier molecular flexibility index (Phi) is 7.55. The summed E-state index contributed by atoms with van der Waals surface area (Å²) < 4.78 is 21.9. The van der Waals surface area contributed by atoms with Crippen molar-refractivity contribution in [2.24, 2.45) is 5.92 Å². The molecule has 2 aromatic carbocycles. The molecule has 0 radical (unpaired) electrons. The number of ether oxygens (including phenoxy) is 4. The second kappa shape index (κ2) is 10.6. The summed E-state index contributed by atoms with van der Waals surface area (Å²) in [5, 5.41) is 11.6. The molecule has 0 unspecified atom stereocenters. The molecule has 1 aliphatic heterocycles. The molecule has 1 amide bonds. The Bertz CT molecular complexity index is 1080. The van der Waals surface area contributed by atoms with E-state index in [2.05, 4.69) is 0 Å². The number of hydrogen-bond donors (Lipinski definition) is 1. The molecule has 188 valence electrons. The summed E-state index contributed by atoms with van der Waals surface area (Å²) in [5.41, 5.74) is 0.906. The van der Waals surface area contributed by atoms with Gasteiger partial charge in [0.1, 0.15) is 11.5 Å². The van der Waals surface area contributed by atoms with Crippen LogP contribution in [-0.2, 0) is 4.79 Å². The van der Waals surface area contributed by atoms with Crippen LogP contribution in [0.15, 0.2) is 42.5 Å². The predicted molar refractivity (Wildman–Crippen MR) is 134 cm³/mol. The Morgan fingerprint density at radius 3 is 2.40 bits per heavy atom. The van der Waals surface area contributed by atoms with Crippen molar-refractivity contribution in [3.8, 4) is 23.0 Å². The molecule has 1 aliphatic carbocycles. The van der Waals surface area contributed by atoms with Crippen molar-refractivity contribution < 1.29 is 28.8 Å². The second-order valence-electron chi connectivity index (χ2n) is 9.24. The van der Waals surface area contributed by atoms with Crippen LogP contribution in [0.5, 0.6) is 23.0 Å². The van der Waals surface area contributed by atoms with E-state index in [1.807, 2.05) is 41.3 Å². The highest BCUT2D eigenvalue weighted by Crippen LogP contribution is 2.51. The van der Waals surface area contributed by atoms with Crippen molar-refractivity contribution in [2.75, 3.05) is 35.0 Å². The first kappa shape index (κ1) is 24.9. The van der Waals surface area contributed by atoms with Crippen LogP contribution in [0.4, 0.5) is 0 Å². The molecule has 0 spiro atoms.